The predicted molar refractivity (Wildman–Crippen MR) is 432 cm³/mol. The molecule has 6 aliphatic heterocycles. The summed E-state index contributed by atoms with van der Waals surface area (Å²) in [5.41, 5.74) is 4.99. The van der Waals surface area contributed by atoms with Crippen LogP contribution in [-0.4, -0.2) is 79.9 Å². The number of hydrogen-bond acceptors (Lipinski definition) is 12. The van der Waals surface area contributed by atoms with Crippen LogP contribution in [-0.2, 0) is 0 Å². The van der Waals surface area contributed by atoms with E-state index < -0.39 is 21.8 Å². The highest BCUT2D eigenvalue weighted by Gasteiger charge is 2.59. The van der Waals surface area contributed by atoms with Crippen LogP contribution in [0.1, 0.15) is 278 Å². The quantitative estimate of drug-likeness (QED) is 0.0421. The Morgan fingerprint density at radius 2 is 0.341 bits per heavy atom. The van der Waals surface area contributed by atoms with Gasteiger partial charge < -0.3 is 0 Å². The summed E-state index contributed by atoms with van der Waals surface area (Å²) in [7, 11) is -4.85. The fourth-order valence-corrected chi connectivity index (χ4v) is 52.2. The maximum Gasteiger partial charge on any atom is 0.123 e. The molecule has 6 aliphatic rings. The molecule has 0 saturated heterocycles. The minimum atomic E-state index is -1.62. The van der Waals surface area contributed by atoms with Gasteiger partial charge in [-0.3, -0.25) is 0 Å². The predicted octanol–water partition coefficient (Wildman–Crippen LogP) is 28.4. The van der Waals surface area contributed by atoms with E-state index in [1.165, 1.54) is 171 Å². The molecular formula is C73H117P3S12+3. The van der Waals surface area contributed by atoms with Gasteiger partial charge in [0.2, 0.25) is 0 Å². The van der Waals surface area contributed by atoms with Gasteiger partial charge in [0.05, 0.1) is 115 Å². The smallest absolute Gasteiger partial charge is 0.107 e. The topological polar surface area (TPSA) is 0 Å². The van der Waals surface area contributed by atoms with Crippen molar-refractivity contribution < 1.29 is 0 Å². The van der Waals surface area contributed by atoms with Gasteiger partial charge in [-0.1, -0.05) is 120 Å². The summed E-state index contributed by atoms with van der Waals surface area (Å²) in [6.07, 6.45) is 36.4. The van der Waals surface area contributed by atoms with Gasteiger partial charge in [0, 0.05) is 51.2 Å². The van der Waals surface area contributed by atoms with Crippen LogP contribution in [0.15, 0.2) is 58.7 Å². The molecular weight excluding hydrogens is 1350 g/mol. The number of benzene rings is 3. The fourth-order valence-electron chi connectivity index (χ4n) is 14.7. The Bertz CT molecular complexity index is 2460. The van der Waals surface area contributed by atoms with Crippen LogP contribution in [0.5, 0.6) is 0 Å². The highest BCUT2D eigenvalue weighted by Crippen LogP contribution is 2.78. The van der Waals surface area contributed by atoms with E-state index in [4.69, 9.17) is 0 Å². The highest BCUT2D eigenvalue weighted by atomic mass is 32.2. The van der Waals surface area contributed by atoms with Crippen molar-refractivity contribution in [2.75, 3.05) is 55.5 Å². The van der Waals surface area contributed by atoms with Crippen LogP contribution in [0, 0.1) is 5.92 Å². The zero-order valence-corrected chi connectivity index (χ0v) is 71.3. The molecule has 0 aliphatic carbocycles. The van der Waals surface area contributed by atoms with Crippen LogP contribution in [0.25, 0.3) is 0 Å². The summed E-state index contributed by atoms with van der Waals surface area (Å²) in [5, 5.41) is 5.72. The van der Waals surface area contributed by atoms with Gasteiger partial charge in [0.25, 0.3) is 0 Å². The van der Waals surface area contributed by atoms with Crippen molar-refractivity contribution in [2.24, 2.45) is 0 Å². The third-order valence-corrected chi connectivity index (χ3v) is 51.4. The van der Waals surface area contributed by atoms with E-state index in [0.29, 0.717) is 0 Å². The lowest BCUT2D eigenvalue weighted by Gasteiger charge is -2.35. The molecule has 0 N–H and O–H groups in total. The normalized spacial score (nSPS) is 19.8. The lowest BCUT2D eigenvalue weighted by molar-refractivity contribution is 0.836. The summed E-state index contributed by atoms with van der Waals surface area (Å²) in [5.74, 6) is 1.67. The summed E-state index contributed by atoms with van der Waals surface area (Å²) in [4.78, 5) is 20.5. The van der Waals surface area contributed by atoms with Crippen LogP contribution in [0.3, 0.4) is 0 Å². The lowest BCUT2D eigenvalue weighted by atomic mass is 9.84. The molecule has 1 radical (unpaired) electrons. The van der Waals surface area contributed by atoms with Crippen LogP contribution < -0.4 is 15.9 Å². The maximum atomic E-state index is 2.62. The zero-order valence-electron chi connectivity index (χ0n) is 58.8. The van der Waals surface area contributed by atoms with Crippen LogP contribution >= 0.6 is 163 Å². The van der Waals surface area contributed by atoms with Crippen LogP contribution in [0.4, 0.5) is 0 Å². The number of hydrogen-bond donors (Lipinski definition) is 0. The van der Waals surface area contributed by atoms with Gasteiger partial charge in [0.15, 0.2) is 0 Å². The van der Waals surface area contributed by atoms with Crippen molar-refractivity contribution in [1.82, 2.24) is 0 Å². The molecule has 0 saturated carbocycles. The van der Waals surface area contributed by atoms with Crippen molar-refractivity contribution in [3.05, 3.63) is 22.6 Å². The second-order valence-corrected chi connectivity index (χ2v) is 62.6. The Kier molecular flexibility index (Phi) is 26.2. The standard InChI is InChI=1S/C73H117P3S12/c1-22-31-40-74(41-32-23-2,42-33-24-3)53-62-56(77-68(10,11)83-62)50(57-63(53)84-69(12,13)78-57)49(51-58-64(85-70(14,15)79-58)54(65-59(51)80-71(16,17)86-65)75(43-34-25-4,44-35-26-5)45-36-27-6)52-60-66(87-72(18,19)81-60)55(67-61(52)82-73(20,21)88-67)76(46-37-28-7,47-38-29-8)48-39-30-9/h22-48H2,1-21H3/q+3. The number of rotatable bonds is 33. The first-order valence-corrected chi connectivity index (χ1v) is 51.9. The van der Waals surface area contributed by atoms with Gasteiger partial charge in [-0.15, -0.1) is 141 Å². The Labute approximate surface area is 594 Å². The van der Waals surface area contributed by atoms with Crippen LogP contribution in [0.2, 0.25) is 0 Å². The molecule has 15 heteroatoms. The van der Waals surface area contributed by atoms with E-state index in [1.54, 1.807) is 81.4 Å². The van der Waals surface area contributed by atoms with Crippen molar-refractivity contribution in [2.45, 2.75) is 344 Å². The molecule has 0 aromatic heterocycles. The molecule has 0 fully saturated rings. The van der Waals surface area contributed by atoms with E-state index in [0.717, 1.165) is 0 Å². The fraction of sp³-hybridized carbons (Fsp3) is 0.740. The van der Waals surface area contributed by atoms with E-state index in [1.807, 2.05) is 15.9 Å². The maximum absolute atomic E-state index is 2.62. The molecule has 0 bridgehead atoms. The van der Waals surface area contributed by atoms with Crippen molar-refractivity contribution in [1.29, 1.82) is 0 Å². The van der Waals surface area contributed by atoms with Gasteiger partial charge in [-0.25, -0.2) is 0 Å². The summed E-state index contributed by atoms with van der Waals surface area (Å²) >= 11 is 27.8. The molecule has 88 heavy (non-hydrogen) atoms. The molecule has 3 aromatic rings. The molecule has 0 atom stereocenters. The number of thioether (sulfide) groups is 12. The average Bonchev–Trinajstić information content (AvgIpc) is 1.48. The molecule has 0 nitrogen and oxygen atoms in total. The van der Waals surface area contributed by atoms with Gasteiger partial charge >= 0.3 is 0 Å². The first kappa shape index (κ1) is 75.4. The summed E-state index contributed by atoms with van der Waals surface area (Å²) in [6, 6.07) is 0. The largest absolute Gasteiger partial charge is 0.123 e. The van der Waals surface area contributed by atoms with Crippen molar-refractivity contribution in [3.8, 4) is 0 Å². The molecule has 9 rings (SSSR count). The van der Waals surface area contributed by atoms with Gasteiger partial charge in [-0.2, -0.15) is 0 Å². The number of fused-ring (bicyclic) bond motifs is 6. The Hall–Kier alpha value is 3.15. The monoisotopic (exact) mass is 1470 g/mol. The second kappa shape index (κ2) is 30.5. The Balaban J connectivity index is 1.57. The highest BCUT2D eigenvalue weighted by molar-refractivity contribution is 8.24. The van der Waals surface area contributed by atoms with E-state index >= 15 is 0 Å². The van der Waals surface area contributed by atoms with E-state index in [9.17, 15) is 0 Å². The average molecular weight is 1470 g/mol. The second-order valence-electron chi connectivity index (χ2n) is 29.2. The Morgan fingerprint density at radius 1 is 0.216 bits per heavy atom. The number of unbranched alkanes of at least 4 members (excludes halogenated alkanes) is 9. The minimum Gasteiger partial charge on any atom is -0.107 e. The molecule has 6 heterocycles. The summed E-state index contributed by atoms with van der Waals surface area (Å²) in [6.45, 7) is 53.8. The molecule has 3 aromatic carbocycles. The first-order valence-electron chi connectivity index (χ1n) is 35.0. The SMILES string of the molecule is CCCC[P+](CCCC)(CCCC)c1c2c(c([C](c3c4c(c([P+](CCCC)(CCCC)CCCC)c5c3SC(C)(C)S5)SC(C)(C)S4)c3c4c(c([P+](CCCC)(CCCC)CCCC)c5c3SC(C)(C)S5)SC(C)(C)S4)c3c1SC(C)(C)S3)SC(C)(C)S2. The Morgan fingerprint density at radius 3 is 0.466 bits per heavy atom. The molecule has 0 amide bonds. The third kappa shape index (κ3) is 15.7. The molecule has 0 spiro atoms. The van der Waals surface area contributed by atoms with Gasteiger partial charge in [0.1, 0.15) is 15.9 Å². The summed E-state index contributed by atoms with van der Waals surface area (Å²) < 4.78 is 0.0626. The zero-order chi connectivity index (χ0) is 64.0. The van der Waals surface area contributed by atoms with E-state index in [-0.39, 0.29) is 24.5 Å². The molecule has 493 valence electrons. The van der Waals surface area contributed by atoms with Gasteiger partial charge in [-0.05, 0) is 158 Å². The molecule has 0 unspecified atom stereocenters. The lowest BCUT2D eigenvalue weighted by Crippen LogP contribution is -2.28. The van der Waals surface area contributed by atoms with Crippen molar-refractivity contribution >= 4 is 179 Å². The van der Waals surface area contributed by atoms with E-state index in [2.05, 4.69) is 287 Å². The third-order valence-electron chi connectivity index (χ3n) is 18.7. The minimum absolute atomic E-state index is 0.0104. The first-order chi connectivity index (χ1) is 41.6. The van der Waals surface area contributed by atoms with Crippen molar-refractivity contribution in [3.63, 3.8) is 0 Å².